The zero-order valence-electron chi connectivity index (χ0n) is 66.9. The van der Waals surface area contributed by atoms with Crippen LogP contribution in [0.4, 0.5) is 23.8 Å². The van der Waals surface area contributed by atoms with Crippen molar-refractivity contribution in [3.63, 3.8) is 0 Å². The second-order valence-electron chi connectivity index (χ2n) is 22.2. The molecule has 4 aliphatic rings. The predicted molar refractivity (Wildman–Crippen MR) is 421 cm³/mol. The monoisotopic (exact) mass is 1330 g/mol. The van der Waals surface area contributed by atoms with E-state index in [1.54, 1.807) is 13.2 Å². The van der Waals surface area contributed by atoms with Gasteiger partial charge in [0.05, 0.1) is 0 Å². The molecule has 4 heterocycles. The van der Waals surface area contributed by atoms with Gasteiger partial charge in [0.2, 0.25) is 47.3 Å². The molecule has 20 heteroatoms. The molecule has 0 spiro atoms. The molecule has 9 rings (SSSR count). The van der Waals surface area contributed by atoms with Crippen molar-refractivity contribution in [2.24, 2.45) is 47.3 Å². The number of aryl methyl sites for hydroxylation is 4. The summed E-state index contributed by atoms with van der Waals surface area (Å²) in [7, 11) is 7.26. The summed E-state index contributed by atoms with van der Waals surface area (Å²) in [6.07, 6.45) is 22.7. The van der Waals surface area contributed by atoms with E-state index in [4.69, 9.17) is 18.9 Å². The van der Waals surface area contributed by atoms with Gasteiger partial charge in [0.15, 0.2) is 0 Å². The van der Waals surface area contributed by atoms with E-state index < -0.39 is 0 Å². The number of hydrogen-bond acceptors (Lipinski definition) is 16. The number of nitrogens with zero attached hydrogens (tertiary/aromatic N) is 8. The second kappa shape index (κ2) is 61.3. The number of anilines is 4. The highest BCUT2D eigenvalue weighted by Gasteiger charge is 2.47. The van der Waals surface area contributed by atoms with E-state index in [1.807, 2.05) is 196 Å². The molecule has 8 unspecified atom stereocenters. The molecule has 16 nitrogen and oxygen atoms in total. The van der Waals surface area contributed by atoms with Gasteiger partial charge in [-0.05, 0) is 126 Å². The molecule has 4 N–H and O–H groups in total. The highest BCUT2D eigenvalue weighted by molar-refractivity contribution is 5.76. The maximum Gasteiger partial charge on any atom is 0.226 e. The van der Waals surface area contributed by atoms with Crippen molar-refractivity contribution in [2.75, 3.05) is 49.5 Å². The number of aromatic nitrogens is 8. The molecule has 3 saturated carbocycles. The average Bonchev–Trinajstić information content (AvgIpc) is 1.79. The van der Waals surface area contributed by atoms with Crippen LogP contribution >= 0.6 is 0 Å². The number of ether oxygens (including phenoxy) is 4. The number of para-hydroxylation sites is 1. The van der Waals surface area contributed by atoms with Gasteiger partial charge in [-0.2, -0.15) is 19.9 Å². The average molecular weight is 1330 g/mol. The minimum Gasteiger partial charge on any atom is -0.474 e. The number of allylic oxidation sites excluding steroid dienone is 1. The van der Waals surface area contributed by atoms with Gasteiger partial charge in [0, 0.05) is 121 Å². The summed E-state index contributed by atoms with van der Waals surface area (Å²) in [5.74, 6) is 11.5. The van der Waals surface area contributed by atoms with E-state index in [0.717, 1.165) is 58.5 Å². The van der Waals surface area contributed by atoms with Crippen LogP contribution in [0.1, 0.15) is 251 Å². The Kier molecular flexibility index (Phi) is 66.0. The van der Waals surface area contributed by atoms with Gasteiger partial charge in [-0.1, -0.05) is 203 Å². The first-order chi connectivity index (χ1) is 44.4. The first kappa shape index (κ1) is 103. The smallest absolute Gasteiger partial charge is 0.226 e. The van der Waals surface area contributed by atoms with E-state index in [2.05, 4.69) is 135 Å². The molecular formula is C76H138B4N12O4. The fourth-order valence-corrected chi connectivity index (χ4v) is 11.0. The van der Waals surface area contributed by atoms with Crippen molar-refractivity contribution in [1.82, 2.24) is 39.9 Å². The minimum absolute atomic E-state index is 0. The molecule has 12 radical (unpaired) electrons. The van der Waals surface area contributed by atoms with Gasteiger partial charge in [-0.25, -0.2) is 19.9 Å². The maximum absolute atomic E-state index is 6.31. The van der Waals surface area contributed by atoms with Crippen molar-refractivity contribution in [1.29, 1.82) is 0 Å². The summed E-state index contributed by atoms with van der Waals surface area (Å²) < 4.78 is 24.6. The van der Waals surface area contributed by atoms with Crippen molar-refractivity contribution < 1.29 is 18.9 Å². The second-order valence-corrected chi connectivity index (χ2v) is 22.2. The molecule has 3 fully saturated rings. The van der Waals surface area contributed by atoms with Crippen LogP contribution in [0.15, 0.2) is 61.2 Å². The van der Waals surface area contributed by atoms with Gasteiger partial charge in [-0.15, -0.1) is 0 Å². The van der Waals surface area contributed by atoms with Crippen LogP contribution in [0.5, 0.6) is 29.3 Å². The summed E-state index contributed by atoms with van der Waals surface area (Å²) in [5.41, 5.74) is 5.10. The molecule has 0 aliphatic heterocycles. The van der Waals surface area contributed by atoms with Crippen LogP contribution in [0.25, 0.3) is 0 Å². The third kappa shape index (κ3) is 34.4. The molecule has 4 aromatic heterocycles. The number of nitrogens with one attached hydrogen (secondary N) is 4. The van der Waals surface area contributed by atoms with E-state index in [1.165, 1.54) is 44.1 Å². The quantitative estimate of drug-likeness (QED) is 0.0539. The molecule has 1 aromatic carbocycles. The Labute approximate surface area is 597 Å². The van der Waals surface area contributed by atoms with E-state index in [9.17, 15) is 0 Å². The van der Waals surface area contributed by atoms with Crippen LogP contribution in [0.2, 0.25) is 0 Å². The van der Waals surface area contributed by atoms with Crippen molar-refractivity contribution in [2.45, 2.75) is 269 Å². The molecule has 538 valence electrons. The van der Waals surface area contributed by atoms with Crippen molar-refractivity contribution >= 4 is 57.4 Å². The summed E-state index contributed by atoms with van der Waals surface area (Å²) in [4.78, 5) is 34.4. The van der Waals surface area contributed by atoms with Crippen LogP contribution in [0.3, 0.4) is 0 Å². The van der Waals surface area contributed by atoms with E-state index in [-0.39, 0.29) is 39.8 Å². The summed E-state index contributed by atoms with van der Waals surface area (Å²) >= 11 is 0. The fraction of sp³-hybridized carbons (Fsp3) is 0.684. The molecule has 4 aliphatic carbocycles. The van der Waals surface area contributed by atoms with E-state index >= 15 is 0 Å². The molecule has 2 bridgehead atoms. The Bertz CT molecular complexity index is 2660. The van der Waals surface area contributed by atoms with Crippen LogP contribution in [-0.2, 0) is 0 Å². The highest BCUT2D eigenvalue weighted by atomic mass is 16.5. The Morgan fingerprint density at radius 2 is 0.719 bits per heavy atom. The molecule has 96 heavy (non-hydrogen) atoms. The Hall–Kier alpha value is -6.06. The lowest BCUT2D eigenvalue weighted by Crippen LogP contribution is -2.34. The number of fused-ring (bicyclic) bond motifs is 2. The van der Waals surface area contributed by atoms with Gasteiger partial charge in [0.1, 0.15) is 24.1 Å². The molecule has 0 saturated heterocycles. The van der Waals surface area contributed by atoms with Crippen LogP contribution in [0, 0.1) is 75.0 Å². The van der Waals surface area contributed by atoms with Gasteiger partial charge >= 0.3 is 0 Å². The standard InChI is InChI=1S/C16H23N3O.C15H25N3O.C15H19N3O.C14H23N3O.8C2H6.4B/c1-9(2)13-11-5-6-12(7-11)14(13)20-15-10(3)8-18-16(17-4)19-15;2*1-10(2)12-7-5-6-8-13(12)19-14-11(3)9-17-15(16-4)18-14;1-9(2)11-6-5-7-12(11)18-13-10(3)8-16-14(15-4)17-13;8*1-2;;;;/h5-6,8-9,11-14H,7H2,1-4H3,(H,17,18,19);9-10,12-13H,5-8H2,1-4H3,(H,16,17,18);5-10H,1-4H3,(H,16,17,18);8-9,11-12H,5-7H2,1-4H3,(H,15,16,17);8*1-2H3;;;;. The third-order valence-corrected chi connectivity index (χ3v) is 15.3. The zero-order chi connectivity index (χ0) is 71.1. The zero-order valence-corrected chi connectivity index (χ0v) is 66.9. The Morgan fingerprint density at radius 3 is 1.08 bits per heavy atom. The van der Waals surface area contributed by atoms with E-state index in [0.29, 0.717) is 95.1 Å². The van der Waals surface area contributed by atoms with Gasteiger partial charge in [-0.3, -0.25) is 0 Å². The Morgan fingerprint density at radius 1 is 0.396 bits per heavy atom. The molecule has 0 amide bonds. The fourth-order valence-electron chi connectivity index (χ4n) is 11.0. The van der Waals surface area contributed by atoms with Crippen LogP contribution < -0.4 is 40.2 Å². The topological polar surface area (TPSA) is 188 Å². The number of benzene rings is 1. The summed E-state index contributed by atoms with van der Waals surface area (Å²) in [5, 5.41) is 11.8. The van der Waals surface area contributed by atoms with Gasteiger partial charge < -0.3 is 40.2 Å². The lowest BCUT2D eigenvalue weighted by Gasteiger charge is -2.34. The van der Waals surface area contributed by atoms with Gasteiger partial charge in [0.25, 0.3) is 0 Å². The van der Waals surface area contributed by atoms with Crippen molar-refractivity contribution in [3.05, 3.63) is 89.0 Å². The largest absolute Gasteiger partial charge is 0.474 e. The summed E-state index contributed by atoms with van der Waals surface area (Å²) in [6.45, 7) is 57.9. The molecular weight excluding hydrogens is 1190 g/mol. The first-order valence-corrected chi connectivity index (χ1v) is 35.9. The number of rotatable bonds is 16. The first-order valence-electron chi connectivity index (χ1n) is 35.9. The maximum atomic E-state index is 6.31. The minimum atomic E-state index is 0. The van der Waals surface area contributed by atoms with Crippen molar-refractivity contribution in [3.8, 4) is 29.3 Å². The Balaban J connectivity index is -0.000000203. The lowest BCUT2D eigenvalue weighted by atomic mass is 9.79. The van der Waals surface area contributed by atoms with Crippen LogP contribution in [-0.4, -0.2) is 120 Å². The normalized spacial score (nSPS) is 18.1. The molecule has 8 atom stereocenters. The SMILES string of the molecule is CC.CC.CC.CC.CC.CC.CC.CC.CNc1ncc(C)c(OC2C3C=CC(C3)C2C(C)C)n1.CNc1ncc(C)c(OC2CCCC2C(C)C)n1.CNc1ncc(C)c(OC2CCCCC2C(C)C)n1.CNc1ncc(C)c(Oc2ccccc2C(C)C)n1.[B].[B].[B].[B]. The third-order valence-electron chi connectivity index (χ3n) is 15.3. The lowest BCUT2D eigenvalue weighted by molar-refractivity contribution is 0.0618. The predicted octanol–water partition coefficient (Wildman–Crippen LogP) is 19.9. The highest BCUT2D eigenvalue weighted by Crippen LogP contribution is 2.48. The summed E-state index contributed by atoms with van der Waals surface area (Å²) in [6, 6.07) is 8.04. The molecule has 5 aromatic rings. The number of hydrogen-bond donors (Lipinski definition) is 4.